The minimum Gasteiger partial charge on any atom is -0.465 e. The molecular formula is C10H11N3O3. The van der Waals surface area contributed by atoms with E-state index < -0.39 is 5.97 Å². The Labute approximate surface area is 90.8 Å². The van der Waals surface area contributed by atoms with Gasteiger partial charge in [0.05, 0.1) is 18.2 Å². The molecule has 0 aliphatic rings. The number of fused-ring (bicyclic) bond motifs is 1. The predicted molar refractivity (Wildman–Crippen MR) is 57.4 cm³/mol. The maximum absolute atomic E-state index is 12.0. The highest BCUT2D eigenvalue weighted by atomic mass is 16.5. The normalized spacial score (nSPS) is 10.7. The highest BCUT2D eigenvalue weighted by Crippen LogP contribution is 2.11. The number of nitrogens with zero attached hydrogens (tertiary/aromatic N) is 2. The number of esters is 1. The number of carbonyl (C=O) groups excluding carboxylic acids is 1. The van der Waals surface area contributed by atoms with Crippen LogP contribution in [0.5, 0.6) is 0 Å². The SMILES string of the molecule is COC(=O)c1c[nH]c2c(c(C)nn2C)c1=O. The average molecular weight is 221 g/mol. The van der Waals surface area contributed by atoms with Gasteiger partial charge >= 0.3 is 5.97 Å². The number of methoxy groups -OCH3 is 1. The molecule has 16 heavy (non-hydrogen) atoms. The van der Waals surface area contributed by atoms with E-state index in [0.29, 0.717) is 16.7 Å². The third-order valence-electron chi connectivity index (χ3n) is 2.45. The Bertz CT molecular complexity index is 624. The van der Waals surface area contributed by atoms with Crippen molar-refractivity contribution in [2.24, 2.45) is 7.05 Å². The minimum atomic E-state index is -0.647. The molecule has 2 aromatic heterocycles. The molecule has 0 atom stereocenters. The molecule has 84 valence electrons. The molecule has 6 nitrogen and oxygen atoms in total. The summed E-state index contributed by atoms with van der Waals surface area (Å²) < 4.78 is 6.09. The lowest BCUT2D eigenvalue weighted by atomic mass is 10.2. The van der Waals surface area contributed by atoms with Gasteiger partial charge < -0.3 is 9.72 Å². The smallest absolute Gasteiger partial charge is 0.343 e. The number of hydrogen-bond donors (Lipinski definition) is 1. The largest absolute Gasteiger partial charge is 0.465 e. The van der Waals surface area contributed by atoms with Gasteiger partial charge in [0.1, 0.15) is 11.2 Å². The Morgan fingerprint density at radius 3 is 2.88 bits per heavy atom. The quantitative estimate of drug-likeness (QED) is 0.705. The molecule has 0 aliphatic carbocycles. The third-order valence-corrected chi connectivity index (χ3v) is 2.45. The van der Waals surface area contributed by atoms with Gasteiger partial charge in [0.15, 0.2) is 0 Å². The number of carbonyl (C=O) groups is 1. The molecule has 1 N–H and O–H groups in total. The van der Waals surface area contributed by atoms with Crippen molar-refractivity contribution >= 4 is 17.0 Å². The lowest BCUT2D eigenvalue weighted by Gasteiger charge is -1.99. The Hall–Kier alpha value is -2.11. The summed E-state index contributed by atoms with van der Waals surface area (Å²) in [7, 11) is 2.96. The Morgan fingerprint density at radius 1 is 1.56 bits per heavy atom. The summed E-state index contributed by atoms with van der Waals surface area (Å²) in [6.07, 6.45) is 1.34. The van der Waals surface area contributed by atoms with Crippen LogP contribution in [-0.2, 0) is 11.8 Å². The number of ether oxygens (including phenoxy) is 1. The van der Waals surface area contributed by atoms with Gasteiger partial charge in [-0.1, -0.05) is 0 Å². The molecule has 0 amide bonds. The molecule has 6 heteroatoms. The van der Waals surface area contributed by atoms with Crippen LogP contribution >= 0.6 is 0 Å². The zero-order chi connectivity index (χ0) is 11.9. The zero-order valence-corrected chi connectivity index (χ0v) is 9.20. The molecule has 0 aromatic carbocycles. The number of rotatable bonds is 1. The maximum Gasteiger partial charge on any atom is 0.343 e. The summed E-state index contributed by atoms with van der Waals surface area (Å²) in [6, 6.07) is 0. The van der Waals surface area contributed by atoms with E-state index >= 15 is 0 Å². The van der Waals surface area contributed by atoms with Crippen LogP contribution < -0.4 is 5.43 Å². The van der Waals surface area contributed by atoms with Crippen molar-refractivity contribution in [1.29, 1.82) is 0 Å². The highest BCUT2D eigenvalue weighted by Gasteiger charge is 2.17. The number of pyridine rings is 1. The summed E-state index contributed by atoms with van der Waals surface area (Å²) in [4.78, 5) is 26.2. The third kappa shape index (κ3) is 1.30. The molecule has 2 heterocycles. The Morgan fingerprint density at radius 2 is 2.25 bits per heavy atom. The minimum absolute atomic E-state index is 0.00824. The van der Waals surface area contributed by atoms with E-state index in [0.717, 1.165) is 0 Å². The van der Waals surface area contributed by atoms with E-state index in [2.05, 4.69) is 14.8 Å². The van der Waals surface area contributed by atoms with E-state index in [1.54, 1.807) is 18.7 Å². The molecule has 0 saturated heterocycles. The Kier molecular flexibility index (Phi) is 2.26. The first-order valence-corrected chi connectivity index (χ1v) is 4.69. The van der Waals surface area contributed by atoms with Gasteiger partial charge in [0.2, 0.25) is 5.43 Å². The monoisotopic (exact) mass is 221 g/mol. The van der Waals surface area contributed by atoms with E-state index in [1.807, 2.05) is 0 Å². The molecule has 0 spiro atoms. The van der Waals surface area contributed by atoms with Crippen LogP contribution in [0.25, 0.3) is 11.0 Å². The van der Waals surface area contributed by atoms with Crippen LogP contribution in [0.2, 0.25) is 0 Å². The maximum atomic E-state index is 12.0. The molecule has 0 radical (unpaired) electrons. The number of hydrogen-bond acceptors (Lipinski definition) is 4. The van der Waals surface area contributed by atoms with Gasteiger partial charge in [0.25, 0.3) is 0 Å². The van der Waals surface area contributed by atoms with Crippen molar-refractivity contribution < 1.29 is 9.53 Å². The summed E-state index contributed by atoms with van der Waals surface area (Å²) >= 11 is 0. The topological polar surface area (TPSA) is 77.0 Å². The fraction of sp³-hybridized carbons (Fsp3) is 0.300. The molecule has 0 fully saturated rings. The Balaban J connectivity index is 2.84. The predicted octanol–water partition coefficient (Wildman–Crippen LogP) is 0.357. The molecule has 0 bridgehead atoms. The number of H-pyrrole nitrogens is 1. The van der Waals surface area contributed by atoms with Crippen LogP contribution in [0.15, 0.2) is 11.0 Å². The standard InChI is InChI=1S/C10H11N3O3/c1-5-7-8(14)6(10(15)16-3)4-11-9(7)13(2)12-5/h4H,1-3H3,(H,11,14). The van der Waals surface area contributed by atoms with E-state index in [9.17, 15) is 9.59 Å². The lowest BCUT2D eigenvalue weighted by Crippen LogP contribution is -2.17. The van der Waals surface area contributed by atoms with Crippen LogP contribution in [-0.4, -0.2) is 27.8 Å². The first-order chi connectivity index (χ1) is 7.56. The molecule has 0 aliphatic heterocycles. The molecule has 2 aromatic rings. The summed E-state index contributed by atoms with van der Waals surface area (Å²) in [5, 5.41) is 4.53. The number of aromatic amines is 1. The van der Waals surface area contributed by atoms with Crippen molar-refractivity contribution in [3.05, 3.63) is 27.7 Å². The molecule has 2 rings (SSSR count). The van der Waals surface area contributed by atoms with Crippen molar-refractivity contribution in [3.63, 3.8) is 0 Å². The molecule has 0 saturated carbocycles. The van der Waals surface area contributed by atoms with Crippen molar-refractivity contribution in [1.82, 2.24) is 14.8 Å². The van der Waals surface area contributed by atoms with Crippen LogP contribution in [0, 0.1) is 6.92 Å². The van der Waals surface area contributed by atoms with Gasteiger partial charge in [-0.05, 0) is 6.92 Å². The number of nitrogens with one attached hydrogen (secondary N) is 1. The summed E-state index contributed by atoms with van der Waals surface area (Å²) in [6.45, 7) is 1.72. The van der Waals surface area contributed by atoms with Gasteiger partial charge in [-0.25, -0.2) is 4.79 Å². The van der Waals surface area contributed by atoms with Gasteiger partial charge in [-0.3, -0.25) is 9.48 Å². The number of aromatic nitrogens is 3. The fourth-order valence-electron chi connectivity index (χ4n) is 1.70. The first-order valence-electron chi connectivity index (χ1n) is 4.69. The van der Waals surface area contributed by atoms with Crippen LogP contribution in [0.4, 0.5) is 0 Å². The van der Waals surface area contributed by atoms with E-state index in [-0.39, 0.29) is 11.0 Å². The van der Waals surface area contributed by atoms with E-state index in [1.165, 1.54) is 13.3 Å². The van der Waals surface area contributed by atoms with Crippen molar-refractivity contribution in [2.75, 3.05) is 7.11 Å². The summed E-state index contributed by atoms with van der Waals surface area (Å²) in [5.41, 5.74) is 0.817. The highest BCUT2D eigenvalue weighted by molar-refractivity contribution is 5.93. The molecule has 0 unspecified atom stereocenters. The van der Waals surface area contributed by atoms with Crippen LogP contribution in [0.3, 0.4) is 0 Å². The van der Waals surface area contributed by atoms with Crippen molar-refractivity contribution in [2.45, 2.75) is 6.92 Å². The van der Waals surface area contributed by atoms with E-state index in [4.69, 9.17) is 0 Å². The second-order valence-electron chi connectivity index (χ2n) is 3.46. The second kappa shape index (κ2) is 3.48. The average Bonchev–Trinajstić information content (AvgIpc) is 2.54. The number of aryl methyl sites for hydroxylation is 2. The zero-order valence-electron chi connectivity index (χ0n) is 9.20. The second-order valence-corrected chi connectivity index (χ2v) is 3.46. The molecular weight excluding hydrogens is 210 g/mol. The fourth-order valence-corrected chi connectivity index (χ4v) is 1.70. The van der Waals surface area contributed by atoms with Gasteiger partial charge in [-0.15, -0.1) is 0 Å². The van der Waals surface area contributed by atoms with Crippen LogP contribution in [0.1, 0.15) is 16.1 Å². The van der Waals surface area contributed by atoms with Crippen molar-refractivity contribution in [3.8, 4) is 0 Å². The lowest BCUT2D eigenvalue weighted by molar-refractivity contribution is 0.0599. The van der Waals surface area contributed by atoms with Gasteiger partial charge in [-0.2, -0.15) is 5.10 Å². The first kappa shape index (κ1) is 10.4. The van der Waals surface area contributed by atoms with Gasteiger partial charge in [0, 0.05) is 13.2 Å². The summed E-state index contributed by atoms with van der Waals surface area (Å²) in [5.74, 6) is -0.647.